The molecule has 1 aromatic heterocycles. The fourth-order valence-corrected chi connectivity index (χ4v) is 4.50. The van der Waals surface area contributed by atoms with Gasteiger partial charge in [-0.1, -0.05) is 0 Å². The third kappa shape index (κ3) is 6.03. The van der Waals surface area contributed by atoms with Gasteiger partial charge in [-0.05, 0) is 0 Å². The van der Waals surface area contributed by atoms with Gasteiger partial charge in [-0.25, -0.2) is 33.6 Å². The molecule has 0 aliphatic carbocycles. The first-order valence-electron chi connectivity index (χ1n) is 11.1. The number of urea groups is 1. The lowest BCUT2D eigenvalue weighted by Gasteiger charge is -2.25. The zero-order valence-electron chi connectivity index (χ0n) is 19.5. The molecule has 13 nitrogen and oxygen atoms in total. The average molecular weight is 540 g/mol. The number of carbonyl (C=O) groups is 4. The predicted molar refractivity (Wildman–Crippen MR) is 128 cm³/mol. The molecule has 2 fully saturated rings. The Bertz CT molecular complexity index is 1200. The van der Waals surface area contributed by atoms with E-state index in [1.807, 2.05) is 0 Å². The van der Waals surface area contributed by atoms with Crippen LogP contribution in [0.2, 0.25) is 0 Å². The Balaban J connectivity index is 1.40. The Kier molecular flexibility index (Phi) is 7.68. The topological polar surface area (TPSA) is 156 Å². The van der Waals surface area contributed by atoms with Crippen molar-refractivity contribution < 1.29 is 37.8 Å². The summed E-state index contributed by atoms with van der Waals surface area (Å²) in [7, 11) is 0. The van der Waals surface area contributed by atoms with Crippen molar-refractivity contribution in [3.8, 4) is 0 Å². The number of hydrogen-bond donors (Lipinski definition) is 4. The minimum Gasteiger partial charge on any atom is -0.476 e. The number of ether oxygens (including phenoxy) is 1. The van der Waals surface area contributed by atoms with Gasteiger partial charge in [0.05, 0.1) is 25.3 Å². The summed E-state index contributed by atoms with van der Waals surface area (Å²) >= 11 is 0.949. The van der Waals surface area contributed by atoms with E-state index in [4.69, 9.17) is 9.84 Å². The first-order chi connectivity index (χ1) is 17.6. The largest absolute Gasteiger partial charge is 0.476 e. The van der Waals surface area contributed by atoms with E-state index in [0.29, 0.717) is 0 Å². The summed E-state index contributed by atoms with van der Waals surface area (Å²) in [6.07, 6.45) is -1.44. The van der Waals surface area contributed by atoms with Crippen LogP contribution in [0.25, 0.3) is 0 Å². The number of thiazole rings is 1. The van der Waals surface area contributed by atoms with Crippen LogP contribution in [-0.4, -0.2) is 84.5 Å². The second-order valence-electron chi connectivity index (χ2n) is 8.13. The normalized spacial score (nSPS) is 17.9. The highest BCUT2D eigenvalue weighted by Gasteiger charge is 2.34. The van der Waals surface area contributed by atoms with Gasteiger partial charge in [-0.3, -0.25) is 20.0 Å². The molecular weight excluding hydrogens is 516 g/mol. The zero-order valence-corrected chi connectivity index (χ0v) is 20.3. The highest BCUT2D eigenvalue weighted by atomic mass is 32.1. The number of benzene rings is 1. The van der Waals surface area contributed by atoms with Gasteiger partial charge in [0, 0.05) is 44.1 Å². The number of cyclic esters (lactones) is 1. The number of hydrazine groups is 1. The number of hydrogen-bond acceptors (Lipinski definition) is 9. The lowest BCUT2D eigenvalue weighted by atomic mass is 10.2. The van der Waals surface area contributed by atoms with E-state index in [1.54, 1.807) is 0 Å². The highest BCUT2D eigenvalue weighted by Crippen LogP contribution is 2.31. The van der Waals surface area contributed by atoms with Gasteiger partial charge >= 0.3 is 18.1 Å². The van der Waals surface area contributed by atoms with Gasteiger partial charge in [-0.2, -0.15) is 0 Å². The van der Waals surface area contributed by atoms with Gasteiger partial charge in [-0.15, -0.1) is 11.3 Å². The van der Waals surface area contributed by atoms with Crippen molar-refractivity contribution in [3.05, 3.63) is 34.8 Å². The molecule has 0 radical (unpaired) electrons. The zero-order chi connectivity index (χ0) is 26.7. The summed E-state index contributed by atoms with van der Waals surface area (Å²) in [6.45, 7) is 1.89. The van der Waals surface area contributed by atoms with Crippen molar-refractivity contribution in [2.24, 2.45) is 0 Å². The number of aromatic nitrogens is 1. The average Bonchev–Trinajstić information content (AvgIpc) is 3.37. The fourth-order valence-electron chi connectivity index (χ4n) is 3.82. The number of amides is 4. The molecule has 1 atom stereocenters. The Morgan fingerprint density at radius 2 is 1.97 bits per heavy atom. The van der Waals surface area contributed by atoms with E-state index in [0.717, 1.165) is 28.4 Å². The minimum absolute atomic E-state index is 0.0160. The van der Waals surface area contributed by atoms with E-state index < -0.39 is 35.8 Å². The first-order valence-corrected chi connectivity index (χ1v) is 12.0. The Morgan fingerprint density at radius 3 is 2.62 bits per heavy atom. The number of carbonyl (C=O) groups excluding carboxylic acids is 3. The second-order valence-corrected chi connectivity index (χ2v) is 8.99. The second kappa shape index (κ2) is 10.9. The van der Waals surface area contributed by atoms with Gasteiger partial charge < -0.3 is 20.1 Å². The van der Waals surface area contributed by atoms with Crippen LogP contribution in [0.1, 0.15) is 17.4 Å². The lowest BCUT2D eigenvalue weighted by Crippen LogP contribution is -2.46. The van der Waals surface area contributed by atoms with Crippen LogP contribution >= 0.6 is 11.3 Å². The van der Waals surface area contributed by atoms with E-state index in [1.165, 1.54) is 22.2 Å². The molecule has 4 amide bonds. The van der Waals surface area contributed by atoms with E-state index >= 15 is 8.78 Å². The Morgan fingerprint density at radius 1 is 1.24 bits per heavy atom. The van der Waals surface area contributed by atoms with Crippen LogP contribution in [-0.2, 0) is 9.53 Å². The van der Waals surface area contributed by atoms with Crippen LogP contribution in [0.15, 0.2) is 17.5 Å². The summed E-state index contributed by atoms with van der Waals surface area (Å²) in [5.41, 5.74) is 2.33. The van der Waals surface area contributed by atoms with E-state index in [2.05, 4.69) is 21.0 Å². The summed E-state index contributed by atoms with van der Waals surface area (Å²) in [5.74, 6) is -3.30. The number of halogens is 2. The molecule has 2 aromatic rings. The number of anilines is 3. The fraction of sp³-hybridized carbons (Fsp3) is 0.381. The Labute approximate surface area is 213 Å². The number of nitrogens with zero attached hydrogens (tertiary/aromatic N) is 4. The van der Waals surface area contributed by atoms with Crippen molar-refractivity contribution in [1.82, 2.24) is 20.7 Å². The summed E-state index contributed by atoms with van der Waals surface area (Å²) in [4.78, 5) is 53.1. The standard InChI is InChI=1S/C21H23F2N7O6S/c1-11(31)24-8-13-9-29(21(35)36-13)12-6-14(22)17(15(23)7-12)28-3-2-25-30(5-4-28)20(34)27-19-26-16(10-37-19)18(32)33/h6-7,10,13,25H,2-5,8-9H2,1H3,(H,24,31)(H,32,33)(H,26,27,34)/t13-/m0/s1. The van der Waals surface area contributed by atoms with Crippen molar-refractivity contribution in [3.63, 3.8) is 0 Å². The lowest BCUT2D eigenvalue weighted by molar-refractivity contribution is -0.119. The molecule has 3 heterocycles. The molecule has 37 heavy (non-hydrogen) atoms. The number of nitrogens with one attached hydrogen (secondary N) is 3. The van der Waals surface area contributed by atoms with Crippen molar-refractivity contribution >= 4 is 51.8 Å². The van der Waals surface area contributed by atoms with Crippen molar-refractivity contribution in [1.29, 1.82) is 0 Å². The van der Waals surface area contributed by atoms with Crippen LogP contribution in [0.5, 0.6) is 0 Å². The van der Waals surface area contributed by atoms with Crippen LogP contribution in [0, 0.1) is 11.6 Å². The molecule has 16 heteroatoms. The van der Waals surface area contributed by atoms with Gasteiger partial charge in [0.25, 0.3) is 0 Å². The monoisotopic (exact) mass is 539 g/mol. The van der Waals surface area contributed by atoms with Crippen molar-refractivity contribution in [2.75, 3.05) is 54.4 Å². The molecule has 0 unspecified atom stereocenters. The molecule has 2 aliphatic heterocycles. The number of rotatable bonds is 6. The molecule has 0 spiro atoms. The predicted octanol–water partition coefficient (Wildman–Crippen LogP) is 1.44. The number of carboxylic acids is 1. The minimum atomic E-state index is -1.22. The quantitative estimate of drug-likeness (QED) is 0.427. The summed E-state index contributed by atoms with van der Waals surface area (Å²) < 4.78 is 35.3. The highest BCUT2D eigenvalue weighted by molar-refractivity contribution is 7.14. The SMILES string of the molecule is CC(=O)NC[C@H]1CN(c2cc(F)c(N3CCNN(C(=O)Nc4nc(C(=O)O)cs4)CC3)c(F)c2)C(=O)O1. The van der Waals surface area contributed by atoms with Gasteiger partial charge in [0.1, 0.15) is 11.8 Å². The molecular formula is C21H23F2N7O6S. The van der Waals surface area contributed by atoms with Crippen molar-refractivity contribution in [2.45, 2.75) is 13.0 Å². The maximum atomic E-state index is 15.1. The smallest absolute Gasteiger partial charge is 0.414 e. The van der Waals surface area contributed by atoms with Gasteiger partial charge in [0.2, 0.25) is 5.91 Å². The van der Waals surface area contributed by atoms with Gasteiger partial charge in [0.15, 0.2) is 22.5 Å². The molecule has 1 aromatic carbocycles. The third-order valence-corrected chi connectivity index (χ3v) is 6.30. The number of aromatic carboxylic acids is 1. The summed E-state index contributed by atoms with van der Waals surface area (Å²) in [6, 6.07) is 1.46. The molecule has 2 aliphatic rings. The van der Waals surface area contributed by atoms with Crippen LogP contribution in [0.4, 0.5) is 34.9 Å². The van der Waals surface area contributed by atoms with E-state index in [-0.39, 0.29) is 67.4 Å². The summed E-state index contributed by atoms with van der Waals surface area (Å²) in [5, 5.41) is 16.6. The Hall–Kier alpha value is -4.05. The third-order valence-electron chi connectivity index (χ3n) is 5.54. The van der Waals surface area contributed by atoms with Crippen LogP contribution < -0.4 is 25.9 Å². The maximum absolute atomic E-state index is 15.1. The van der Waals surface area contributed by atoms with E-state index in [9.17, 15) is 19.2 Å². The molecule has 4 rings (SSSR count). The first kappa shape index (κ1) is 26.0. The molecule has 4 N–H and O–H groups in total. The maximum Gasteiger partial charge on any atom is 0.414 e. The molecule has 198 valence electrons. The number of carboxylic acid groups (broad SMARTS) is 1. The molecule has 0 saturated carbocycles. The molecule has 0 bridgehead atoms. The molecule has 2 saturated heterocycles. The van der Waals surface area contributed by atoms with Crippen LogP contribution in [0.3, 0.4) is 0 Å².